The number of aliphatic hydroxyl groups is 1. The lowest BCUT2D eigenvalue weighted by Crippen LogP contribution is -2.29. The third-order valence-electron chi connectivity index (χ3n) is 3.92. The molecule has 0 aliphatic carbocycles. The van der Waals surface area contributed by atoms with Crippen molar-refractivity contribution in [3.05, 3.63) is 26.9 Å². The van der Waals surface area contributed by atoms with E-state index in [2.05, 4.69) is 18.1 Å². The Morgan fingerprint density at radius 3 is 2.37 bits per heavy atom. The average molecular weight is 512 g/mol. The molecule has 19 heteroatoms. The first-order chi connectivity index (χ1) is 13.5. The SMILES string of the molecule is Cc1cn([C@H]2O[C@@H](COP(=O)(O)OP(=O)(O)OP(=O)(O)O)[C@@H](O)C2C)c(=S)[nH]c1=O. The second-order valence-electron chi connectivity index (χ2n) is 6.28. The van der Waals surface area contributed by atoms with E-state index in [4.69, 9.17) is 31.6 Å². The molecule has 172 valence electrons. The number of H-pyrrole nitrogens is 1. The molecular formula is C11H19N2O13P3S. The molecule has 1 aromatic heterocycles. The van der Waals surface area contributed by atoms with Crippen LogP contribution in [0.4, 0.5) is 0 Å². The van der Waals surface area contributed by atoms with Gasteiger partial charge in [0.2, 0.25) is 0 Å². The number of aromatic nitrogens is 2. The highest BCUT2D eigenvalue weighted by Gasteiger charge is 2.45. The number of nitrogens with one attached hydrogen (secondary N) is 1. The molecule has 2 heterocycles. The van der Waals surface area contributed by atoms with Crippen molar-refractivity contribution in [2.24, 2.45) is 5.92 Å². The molecule has 0 bridgehead atoms. The minimum absolute atomic E-state index is 0.00295. The van der Waals surface area contributed by atoms with E-state index >= 15 is 0 Å². The Morgan fingerprint density at radius 1 is 1.20 bits per heavy atom. The zero-order valence-corrected chi connectivity index (χ0v) is 18.8. The Hall–Kier alpha value is -0.570. The van der Waals surface area contributed by atoms with Crippen molar-refractivity contribution in [2.45, 2.75) is 32.3 Å². The molecule has 0 amide bonds. The van der Waals surface area contributed by atoms with Crippen LogP contribution in [-0.4, -0.2) is 53.0 Å². The number of phosphoric acid groups is 3. The summed E-state index contributed by atoms with van der Waals surface area (Å²) >= 11 is 5.07. The van der Waals surface area contributed by atoms with Gasteiger partial charge >= 0.3 is 23.5 Å². The summed E-state index contributed by atoms with van der Waals surface area (Å²) in [6.45, 7) is 2.27. The molecule has 15 nitrogen and oxygen atoms in total. The van der Waals surface area contributed by atoms with Crippen molar-refractivity contribution in [1.82, 2.24) is 9.55 Å². The first kappa shape index (κ1) is 25.7. The molecule has 0 spiro atoms. The average Bonchev–Trinajstić information content (AvgIpc) is 2.81. The summed E-state index contributed by atoms with van der Waals surface area (Å²) in [7, 11) is -16.5. The van der Waals surface area contributed by atoms with Crippen LogP contribution in [0.15, 0.2) is 11.0 Å². The fraction of sp³-hybridized carbons (Fsp3) is 0.636. The summed E-state index contributed by atoms with van der Waals surface area (Å²) < 4.78 is 52.4. The van der Waals surface area contributed by atoms with E-state index in [1.165, 1.54) is 17.7 Å². The van der Waals surface area contributed by atoms with E-state index < -0.39 is 60.0 Å². The predicted octanol–water partition coefficient (Wildman–Crippen LogP) is 0.452. The molecule has 0 saturated carbocycles. The number of rotatable bonds is 8. The number of hydrogen-bond donors (Lipinski definition) is 6. The number of nitrogens with zero attached hydrogens (tertiary/aromatic N) is 1. The second kappa shape index (κ2) is 9.12. The Kier molecular flexibility index (Phi) is 7.81. The summed E-state index contributed by atoms with van der Waals surface area (Å²) in [4.78, 5) is 49.6. The van der Waals surface area contributed by atoms with Gasteiger partial charge in [-0.15, -0.1) is 0 Å². The van der Waals surface area contributed by atoms with E-state index in [0.717, 1.165) is 0 Å². The molecule has 3 unspecified atom stereocenters. The van der Waals surface area contributed by atoms with Gasteiger partial charge in [-0.05, 0) is 19.1 Å². The zero-order chi connectivity index (χ0) is 23.1. The van der Waals surface area contributed by atoms with Crippen LogP contribution in [0.1, 0.15) is 18.7 Å². The standard InChI is InChI=1S/C11H19N2O13P3S/c1-5-3-13(11(30)12-9(5)15)10-6(2)8(14)7(24-10)4-23-28(19,20)26-29(21,22)25-27(16,17)18/h3,6-8,10,14H,4H2,1-2H3,(H,19,20)(H,21,22)(H,12,15,30)(H2,16,17,18)/t6?,7-,8-,10-/m0/s1. The van der Waals surface area contributed by atoms with Gasteiger partial charge in [0.05, 0.1) is 12.7 Å². The third kappa shape index (κ3) is 6.71. The Labute approximate surface area is 173 Å². The fourth-order valence-corrected chi connectivity index (χ4v) is 5.87. The van der Waals surface area contributed by atoms with Crippen LogP contribution in [0.2, 0.25) is 0 Å². The van der Waals surface area contributed by atoms with Crippen molar-refractivity contribution in [3.63, 3.8) is 0 Å². The van der Waals surface area contributed by atoms with Crippen LogP contribution >= 0.6 is 35.7 Å². The van der Waals surface area contributed by atoms with Crippen molar-refractivity contribution in [1.29, 1.82) is 0 Å². The maximum absolute atomic E-state index is 11.8. The number of aryl methyl sites for hydroxylation is 1. The van der Waals surface area contributed by atoms with Crippen molar-refractivity contribution >= 4 is 35.7 Å². The normalized spacial score (nSPS) is 28.8. The maximum Gasteiger partial charge on any atom is 0.490 e. The van der Waals surface area contributed by atoms with Gasteiger partial charge in [-0.25, -0.2) is 13.7 Å². The van der Waals surface area contributed by atoms with E-state index in [0.29, 0.717) is 5.56 Å². The summed E-state index contributed by atoms with van der Waals surface area (Å²) in [5.74, 6) is -0.628. The second-order valence-corrected chi connectivity index (χ2v) is 11.1. The highest BCUT2D eigenvalue weighted by Crippen LogP contribution is 2.66. The Morgan fingerprint density at radius 2 is 1.80 bits per heavy atom. The van der Waals surface area contributed by atoms with Gasteiger partial charge in [0.15, 0.2) is 4.77 Å². The maximum atomic E-state index is 11.8. The van der Waals surface area contributed by atoms with Gasteiger partial charge in [0.1, 0.15) is 12.3 Å². The highest BCUT2D eigenvalue weighted by molar-refractivity contribution is 7.71. The van der Waals surface area contributed by atoms with Gasteiger partial charge in [-0.1, -0.05) is 6.92 Å². The lowest BCUT2D eigenvalue weighted by molar-refractivity contribution is -0.0461. The number of aliphatic hydroxyl groups excluding tert-OH is 1. The molecule has 30 heavy (non-hydrogen) atoms. The molecule has 2 rings (SSSR count). The number of phosphoric ester groups is 1. The lowest BCUT2D eigenvalue weighted by Gasteiger charge is -2.20. The first-order valence-corrected chi connectivity index (χ1v) is 12.9. The smallest absolute Gasteiger partial charge is 0.390 e. The molecule has 1 aromatic rings. The van der Waals surface area contributed by atoms with Crippen LogP contribution in [0, 0.1) is 17.6 Å². The minimum Gasteiger partial charge on any atom is -0.390 e. The molecular weight excluding hydrogens is 493 g/mol. The van der Waals surface area contributed by atoms with E-state index in [-0.39, 0.29) is 4.77 Å². The fourth-order valence-electron chi connectivity index (χ4n) is 2.59. The highest BCUT2D eigenvalue weighted by atomic mass is 32.1. The minimum atomic E-state index is -5.66. The Bertz CT molecular complexity index is 1050. The van der Waals surface area contributed by atoms with Crippen LogP contribution in [0.5, 0.6) is 0 Å². The van der Waals surface area contributed by atoms with Gasteiger partial charge in [0.25, 0.3) is 5.56 Å². The summed E-state index contributed by atoms with van der Waals surface area (Å²) in [5.41, 5.74) is -0.0998. The molecule has 1 fully saturated rings. The molecule has 0 aromatic carbocycles. The van der Waals surface area contributed by atoms with Crippen molar-refractivity contribution in [3.8, 4) is 0 Å². The van der Waals surface area contributed by atoms with E-state index in [1.54, 1.807) is 6.92 Å². The van der Waals surface area contributed by atoms with Crippen LogP contribution in [0.3, 0.4) is 0 Å². The van der Waals surface area contributed by atoms with Crippen molar-refractivity contribution < 1.29 is 56.3 Å². The first-order valence-electron chi connectivity index (χ1n) is 7.95. The molecule has 0 radical (unpaired) electrons. The summed E-state index contributed by atoms with van der Waals surface area (Å²) in [6.07, 6.45) is -1.97. The Balaban J connectivity index is 2.09. The van der Waals surface area contributed by atoms with Gasteiger partial charge in [0, 0.05) is 17.7 Å². The number of hydrogen-bond acceptors (Lipinski definition) is 10. The van der Waals surface area contributed by atoms with Gasteiger partial charge in [-0.2, -0.15) is 8.62 Å². The predicted molar refractivity (Wildman–Crippen MR) is 99.5 cm³/mol. The quantitative estimate of drug-likeness (QED) is 0.205. The van der Waals surface area contributed by atoms with Crippen molar-refractivity contribution in [2.75, 3.05) is 6.61 Å². The topological polar surface area (TPSA) is 227 Å². The zero-order valence-electron chi connectivity index (χ0n) is 15.3. The molecule has 1 saturated heterocycles. The molecule has 6 N–H and O–H groups in total. The van der Waals surface area contributed by atoms with Crippen LogP contribution < -0.4 is 5.56 Å². The van der Waals surface area contributed by atoms with Crippen LogP contribution in [0.25, 0.3) is 0 Å². The summed E-state index contributed by atoms with van der Waals surface area (Å²) in [6, 6.07) is 0. The summed E-state index contributed by atoms with van der Waals surface area (Å²) in [5, 5.41) is 10.3. The molecule has 1 aliphatic heterocycles. The van der Waals surface area contributed by atoms with Crippen LogP contribution in [-0.2, 0) is 31.6 Å². The lowest BCUT2D eigenvalue weighted by atomic mass is 10.0. The molecule has 6 atom stereocenters. The van der Waals surface area contributed by atoms with E-state index in [1.807, 2.05) is 0 Å². The van der Waals surface area contributed by atoms with Gasteiger partial charge < -0.3 is 29.4 Å². The largest absolute Gasteiger partial charge is 0.490 e. The monoisotopic (exact) mass is 512 g/mol. The number of aromatic amines is 1. The van der Waals surface area contributed by atoms with Gasteiger partial charge in [-0.3, -0.25) is 18.9 Å². The molecule has 1 aliphatic rings. The van der Waals surface area contributed by atoms with E-state index in [9.17, 15) is 28.5 Å². The third-order valence-corrected chi connectivity index (χ3v) is 8.04. The number of ether oxygens (including phenoxy) is 1.